The van der Waals surface area contributed by atoms with Crippen molar-refractivity contribution in [2.75, 3.05) is 13.2 Å². The van der Waals surface area contributed by atoms with Crippen LogP contribution in [0.4, 0.5) is 4.39 Å². The number of amides is 1. The number of para-hydroxylation sites is 1. The summed E-state index contributed by atoms with van der Waals surface area (Å²) in [5.74, 6) is 0.880. The van der Waals surface area contributed by atoms with Crippen molar-refractivity contribution in [1.29, 1.82) is 0 Å². The molecule has 0 radical (unpaired) electrons. The Bertz CT molecular complexity index is 1030. The SMILES string of the molecule is Cc1nn(-c2ccc(F)cc2)c(C)c1CC(=O)NC[C@@H]1COc2ccccc2C1. The third-order valence-corrected chi connectivity index (χ3v) is 5.39. The number of hydrogen-bond donors (Lipinski definition) is 1. The highest BCUT2D eigenvalue weighted by atomic mass is 19.1. The Labute approximate surface area is 169 Å². The van der Waals surface area contributed by atoms with Crippen LogP contribution in [0.15, 0.2) is 48.5 Å². The van der Waals surface area contributed by atoms with Crippen molar-refractivity contribution in [3.8, 4) is 11.4 Å². The number of rotatable bonds is 5. The molecular weight excluding hydrogens is 369 g/mol. The van der Waals surface area contributed by atoms with Crippen LogP contribution in [-0.4, -0.2) is 28.8 Å². The molecule has 0 saturated heterocycles. The van der Waals surface area contributed by atoms with Gasteiger partial charge in [-0.05, 0) is 56.2 Å². The van der Waals surface area contributed by atoms with E-state index in [1.807, 2.05) is 32.0 Å². The molecule has 150 valence electrons. The smallest absolute Gasteiger partial charge is 0.224 e. The fourth-order valence-electron chi connectivity index (χ4n) is 3.77. The number of hydrogen-bond acceptors (Lipinski definition) is 3. The first-order chi connectivity index (χ1) is 14.0. The van der Waals surface area contributed by atoms with Gasteiger partial charge in [0, 0.05) is 23.7 Å². The van der Waals surface area contributed by atoms with Crippen LogP contribution in [0, 0.1) is 25.6 Å². The van der Waals surface area contributed by atoms with Gasteiger partial charge in [0.05, 0.1) is 24.4 Å². The number of carbonyl (C=O) groups is 1. The van der Waals surface area contributed by atoms with Crippen LogP contribution >= 0.6 is 0 Å². The van der Waals surface area contributed by atoms with E-state index in [0.29, 0.717) is 13.2 Å². The number of aromatic nitrogens is 2. The highest BCUT2D eigenvalue weighted by Crippen LogP contribution is 2.26. The molecule has 0 bridgehead atoms. The van der Waals surface area contributed by atoms with Crippen molar-refractivity contribution in [3.05, 3.63) is 76.9 Å². The lowest BCUT2D eigenvalue weighted by molar-refractivity contribution is -0.120. The van der Waals surface area contributed by atoms with E-state index < -0.39 is 0 Å². The van der Waals surface area contributed by atoms with E-state index in [0.717, 1.165) is 34.8 Å². The van der Waals surface area contributed by atoms with Gasteiger partial charge in [-0.25, -0.2) is 9.07 Å². The van der Waals surface area contributed by atoms with Crippen LogP contribution in [0.5, 0.6) is 5.75 Å². The molecule has 2 aromatic carbocycles. The second-order valence-corrected chi connectivity index (χ2v) is 7.51. The van der Waals surface area contributed by atoms with Crippen LogP contribution in [0.25, 0.3) is 5.69 Å². The van der Waals surface area contributed by atoms with Gasteiger partial charge in [0.25, 0.3) is 0 Å². The summed E-state index contributed by atoms with van der Waals surface area (Å²) >= 11 is 0. The second-order valence-electron chi connectivity index (χ2n) is 7.51. The van der Waals surface area contributed by atoms with Gasteiger partial charge in [0.15, 0.2) is 0 Å². The molecule has 1 atom stereocenters. The maximum atomic E-state index is 13.2. The monoisotopic (exact) mass is 393 g/mol. The van der Waals surface area contributed by atoms with Crippen molar-refractivity contribution in [2.24, 2.45) is 5.92 Å². The molecule has 0 fully saturated rings. The molecule has 5 nitrogen and oxygen atoms in total. The Morgan fingerprint density at radius 1 is 1.21 bits per heavy atom. The van der Waals surface area contributed by atoms with Crippen molar-refractivity contribution in [3.63, 3.8) is 0 Å². The van der Waals surface area contributed by atoms with Gasteiger partial charge in [-0.1, -0.05) is 18.2 Å². The maximum Gasteiger partial charge on any atom is 0.224 e. The topological polar surface area (TPSA) is 56.2 Å². The molecule has 0 saturated carbocycles. The molecule has 1 amide bonds. The lowest BCUT2D eigenvalue weighted by Crippen LogP contribution is -2.35. The molecule has 0 unspecified atom stereocenters. The second kappa shape index (κ2) is 8.07. The van der Waals surface area contributed by atoms with Gasteiger partial charge in [-0.15, -0.1) is 0 Å². The lowest BCUT2D eigenvalue weighted by atomic mass is 9.96. The Hall–Kier alpha value is -3.15. The van der Waals surface area contributed by atoms with E-state index in [1.165, 1.54) is 17.7 Å². The van der Waals surface area contributed by atoms with E-state index in [-0.39, 0.29) is 24.1 Å². The van der Waals surface area contributed by atoms with Gasteiger partial charge in [-0.3, -0.25) is 4.79 Å². The number of ether oxygens (including phenoxy) is 1. The maximum absolute atomic E-state index is 13.2. The first-order valence-corrected chi connectivity index (χ1v) is 9.79. The van der Waals surface area contributed by atoms with Gasteiger partial charge in [-0.2, -0.15) is 5.10 Å². The fourth-order valence-corrected chi connectivity index (χ4v) is 3.77. The lowest BCUT2D eigenvalue weighted by Gasteiger charge is -2.25. The number of halogens is 1. The average molecular weight is 393 g/mol. The van der Waals surface area contributed by atoms with Gasteiger partial charge in [0.2, 0.25) is 5.91 Å². The minimum Gasteiger partial charge on any atom is -0.493 e. The minimum atomic E-state index is -0.288. The third-order valence-electron chi connectivity index (χ3n) is 5.39. The largest absolute Gasteiger partial charge is 0.493 e. The Kier molecular flexibility index (Phi) is 5.34. The summed E-state index contributed by atoms with van der Waals surface area (Å²) in [6.07, 6.45) is 1.17. The van der Waals surface area contributed by atoms with Crippen LogP contribution in [-0.2, 0) is 17.6 Å². The minimum absolute atomic E-state index is 0.0336. The summed E-state index contributed by atoms with van der Waals surface area (Å²) in [4.78, 5) is 12.6. The van der Waals surface area contributed by atoms with Crippen molar-refractivity contribution in [2.45, 2.75) is 26.7 Å². The summed E-state index contributed by atoms with van der Waals surface area (Å²) in [5, 5.41) is 7.57. The molecule has 4 rings (SSSR count). The molecule has 1 N–H and O–H groups in total. The first kappa shape index (κ1) is 19.2. The molecule has 29 heavy (non-hydrogen) atoms. The molecule has 0 aliphatic carbocycles. The fraction of sp³-hybridized carbons (Fsp3) is 0.304. The number of nitrogens with zero attached hydrogens (tertiary/aromatic N) is 2. The zero-order valence-electron chi connectivity index (χ0n) is 16.6. The number of fused-ring (bicyclic) bond motifs is 1. The first-order valence-electron chi connectivity index (χ1n) is 9.79. The number of aryl methyl sites for hydroxylation is 1. The Morgan fingerprint density at radius 3 is 2.76 bits per heavy atom. The van der Waals surface area contributed by atoms with Crippen LogP contribution in [0.2, 0.25) is 0 Å². The van der Waals surface area contributed by atoms with E-state index in [2.05, 4.69) is 16.5 Å². The van der Waals surface area contributed by atoms with Crippen molar-refractivity contribution >= 4 is 5.91 Å². The van der Waals surface area contributed by atoms with Crippen LogP contribution in [0.1, 0.15) is 22.5 Å². The molecule has 1 aliphatic rings. The van der Waals surface area contributed by atoms with Gasteiger partial charge >= 0.3 is 0 Å². The van der Waals surface area contributed by atoms with Crippen molar-refractivity contribution in [1.82, 2.24) is 15.1 Å². The average Bonchev–Trinajstić information content (AvgIpc) is 3.01. The molecule has 3 aromatic rings. The molecule has 1 aliphatic heterocycles. The summed E-state index contributed by atoms with van der Waals surface area (Å²) in [6, 6.07) is 14.2. The molecule has 6 heteroatoms. The zero-order chi connectivity index (χ0) is 20.4. The number of nitrogens with one attached hydrogen (secondary N) is 1. The highest BCUT2D eigenvalue weighted by Gasteiger charge is 2.21. The number of benzene rings is 2. The molecular formula is C23H24FN3O2. The van der Waals surface area contributed by atoms with Crippen LogP contribution in [0.3, 0.4) is 0 Å². The van der Waals surface area contributed by atoms with E-state index in [9.17, 15) is 9.18 Å². The van der Waals surface area contributed by atoms with E-state index in [1.54, 1.807) is 16.8 Å². The standard InChI is InChI=1S/C23H24FN3O2/c1-15-21(16(2)27(26-15)20-9-7-19(24)8-10-20)12-23(28)25-13-17-11-18-5-3-4-6-22(18)29-14-17/h3-10,17H,11-14H2,1-2H3,(H,25,28)/t17-/m1/s1. The highest BCUT2D eigenvalue weighted by molar-refractivity contribution is 5.79. The summed E-state index contributed by atoms with van der Waals surface area (Å²) in [6.45, 7) is 5.01. The molecule has 2 heterocycles. The Balaban J connectivity index is 1.38. The number of carbonyl (C=O) groups excluding carboxylic acids is 1. The third kappa shape index (κ3) is 4.16. The predicted octanol–water partition coefficient (Wildman–Crippen LogP) is 3.54. The molecule has 1 aromatic heterocycles. The van der Waals surface area contributed by atoms with Crippen LogP contribution < -0.4 is 10.1 Å². The van der Waals surface area contributed by atoms with E-state index >= 15 is 0 Å². The molecule has 0 spiro atoms. The van der Waals surface area contributed by atoms with Gasteiger partial charge in [0.1, 0.15) is 11.6 Å². The predicted molar refractivity (Wildman–Crippen MR) is 109 cm³/mol. The summed E-state index contributed by atoms with van der Waals surface area (Å²) in [5.41, 5.74) is 4.55. The van der Waals surface area contributed by atoms with E-state index in [4.69, 9.17) is 4.74 Å². The summed E-state index contributed by atoms with van der Waals surface area (Å²) < 4.78 is 20.7. The van der Waals surface area contributed by atoms with Crippen molar-refractivity contribution < 1.29 is 13.9 Å². The summed E-state index contributed by atoms with van der Waals surface area (Å²) in [7, 11) is 0. The quantitative estimate of drug-likeness (QED) is 0.721. The normalized spacial score (nSPS) is 15.5. The zero-order valence-corrected chi connectivity index (χ0v) is 16.6. The van der Waals surface area contributed by atoms with Gasteiger partial charge < -0.3 is 10.1 Å². The Morgan fingerprint density at radius 2 is 1.97 bits per heavy atom.